The Kier molecular flexibility index (Phi) is 2.87. The van der Waals surface area contributed by atoms with E-state index in [2.05, 4.69) is 46.2 Å². The predicted molar refractivity (Wildman–Crippen MR) is 73.8 cm³/mol. The molecule has 0 spiro atoms. The SMILES string of the molecule is Cc1ccc(-n2nc(N)c3c2CCOC3)c(Br)c1. The molecule has 0 atom stereocenters. The molecule has 1 aromatic heterocycles. The van der Waals surface area contributed by atoms with Gasteiger partial charge in [-0.3, -0.25) is 0 Å². The number of rotatable bonds is 1. The molecule has 0 saturated heterocycles. The first-order valence-corrected chi connectivity index (χ1v) is 6.66. The molecule has 5 heteroatoms. The van der Waals surface area contributed by atoms with E-state index < -0.39 is 0 Å². The molecule has 2 aromatic rings. The van der Waals surface area contributed by atoms with Crippen LogP contribution < -0.4 is 5.73 Å². The molecule has 2 heterocycles. The molecule has 0 fully saturated rings. The van der Waals surface area contributed by atoms with Crippen LogP contribution in [0.2, 0.25) is 0 Å². The Morgan fingerprint density at radius 3 is 3.06 bits per heavy atom. The molecule has 0 amide bonds. The minimum atomic E-state index is 0.560. The van der Waals surface area contributed by atoms with E-state index in [1.165, 1.54) is 5.56 Å². The average Bonchev–Trinajstić information content (AvgIpc) is 2.68. The van der Waals surface area contributed by atoms with Gasteiger partial charge < -0.3 is 10.5 Å². The molecule has 0 aliphatic carbocycles. The van der Waals surface area contributed by atoms with Crippen molar-refractivity contribution in [3.8, 4) is 5.69 Å². The van der Waals surface area contributed by atoms with Crippen molar-refractivity contribution in [3.63, 3.8) is 0 Å². The number of hydrogen-bond acceptors (Lipinski definition) is 3. The summed E-state index contributed by atoms with van der Waals surface area (Å²) in [7, 11) is 0. The molecular weight excluding hydrogens is 294 g/mol. The Hall–Kier alpha value is -1.33. The maximum atomic E-state index is 5.95. The lowest BCUT2D eigenvalue weighted by Gasteiger charge is -2.15. The molecule has 1 aromatic carbocycles. The normalized spacial score (nSPS) is 14.6. The molecule has 3 rings (SSSR count). The van der Waals surface area contributed by atoms with Gasteiger partial charge in [0.15, 0.2) is 5.82 Å². The standard InChI is InChI=1S/C13H14BrN3O/c1-8-2-3-12(10(14)6-8)17-11-4-5-18-7-9(11)13(15)16-17/h2-3,6H,4-5,7H2,1H3,(H2,15,16). The van der Waals surface area contributed by atoms with E-state index in [1.54, 1.807) is 0 Å². The van der Waals surface area contributed by atoms with Crippen molar-refractivity contribution >= 4 is 21.7 Å². The van der Waals surface area contributed by atoms with Gasteiger partial charge >= 0.3 is 0 Å². The molecule has 4 nitrogen and oxygen atoms in total. The van der Waals surface area contributed by atoms with E-state index in [1.807, 2.05) is 4.68 Å². The van der Waals surface area contributed by atoms with E-state index in [0.717, 1.165) is 34.4 Å². The first-order chi connectivity index (χ1) is 8.66. The molecule has 0 saturated carbocycles. The highest BCUT2D eigenvalue weighted by molar-refractivity contribution is 9.10. The molecule has 0 bridgehead atoms. The molecular formula is C13H14BrN3O. The van der Waals surface area contributed by atoms with Crippen LogP contribution in [0.25, 0.3) is 5.69 Å². The lowest BCUT2D eigenvalue weighted by atomic mass is 10.1. The van der Waals surface area contributed by atoms with Crippen LogP contribution in [0.4, 0.5) is 5.82 Å². The van der Waals surface area contributed by atoms with Gasteiger partial charge in [-0.25, -0.2) is 4.68 Å². The maximum absolute atomic E-state index is 5.95. The molecule has 2 N–H and O–H groups in total. The van der Waals surface area contributed by atoms with Crippen LogP contribution in [0.5, 0.6) is 0 Å². The number of nitrogen functional groups attached to an aromatic ring is 1. The second-order valence-electron chi connectivity index (χ2n) is 4.48. The quantitative estimate of drug-likeness (QED) is 0.881. The van der Waals surface area contributed by atoms with Gasteiger partial charge in [0.25, 0.3) is 0 Å². The van der Waals surface area contributed by atoms with E-state index in [9.17, 15) is 0 Å². The van der Waals surface area contributed by atoms with Gasteiger partial charge in [-0.15, -0.1) is 0 Å². The van der Waals surface area contributed by atoms with Crippen molar-refractivity contribution in [2.75, 3.05) is 12.3 Å². The van der Waals surface area contributed by atoms with E-state index >= 15 is 0 Å². The maximum Gasteiger partial charge on any atom is 0.151 e. The molecule has 1 aliphatic heterocycles. The number of ether oxygens (including phenoxy) is 1. The summed E-state index contributed by atoms with van der Waals surface area (Å²) in [6, 6.07) is 6.21. The largest absolute Gasteiger partial charge is 0.382 e. The third kappa shape index (κ3) is 1.83. The Labute approximate surface area is 114 Å². The van der Waals surface area contributed by atoms with Crippen LogP contribution in [-0.4, -0.2) is 16.4 Å². The zero-order valence-corrected chi connectivity index (χ0v) is 11.7. The van der Waals surface area contributed by atoms with Crippen molar-refractivity contribution < 1.29 is 4.74 Å². The van der Waals surface area contributed by atoms with Crippen molar-refractivity contribution in [2.24, 2.45) is 0 Å². The molecule has 0 unspecified atom stereocenters. The lowest BCUT2D eigenvalue weighted by Crippen LogP contribution is -2.13. The predicted octanol–water partition coefficient (Wildman–Crippen LogP) is 2.60. The highest BCUT2D eigenvalue weighted by Gasteiger charge is 2.21. The second kappa shape index (κ2) is 4.40. The number of nitrogens with two attached hydrogens (primary N) is 1. The van der Waals surface area contributed by atoms with Gasteiger partial charge in [0.2, 0.25) is 0 Å². The Morgan fingerprint density at radius 2 is 2.28 bits per heavy atom. The average molecular weight is 308 g/mol. The molecule has 1 aliphatic rings. The van der Waals surface area contributed by atoms with Crippen LogP contribution in [0.3, 0.4) is 0 Å². The van der Waals surface area contributed by atoms with Crippen LogP contribution >= 0.6 is 15.9 Å². The zero-order chi connectivity index (χ0) is 12.7. The number of fused-ring (bicyclic) bond motifs is 1. The first kappa shape index (κ1) is 11.7. The fourth-order valence-corrected chi connectivity index (χ4v) is 2.91. The van der Waals surface area contributed by atoms with Crippen molar-refractivity contribution in [1.29, 1.82) is 0 Å². The van der Waals surface area contributed by atoms with Crippen molar-refractivity contribution in [2.45, 2.75) is 20.0 Å². The van der Waals surface area contributed by atoms with Gasteiger partial charge in [0.05, 0.1) is 24.6 Å². The van der Waals surface area contributed by atoms with Crippen LogP contribution in [0.15, 0.2) is 22.7 Å². The number of anilines is 1. The Bertz CT molecular complexity index is 607. The highest BCUT2D eigenvalue weighted by atomic mass is 79.9. The summed E-state index contributed by atoms with van der Waals surface area (Å²) in [5.74, 6) is 0.567. The topological polar surface area (TPSA) is 53.1 Å². The van der Waals surface area contributed by atoms with Crippen LogP contribution in [-0.2, 0) is 17.8 Å². The van der Waals surface area contributed by atoms with Crippen molar-refractivity contribution in [3.05, 3.63) is 39.5 Å². The van der Waals surface area contributed by atoms with Gasteiger partial charge in [0, 0.05) is 16.5 Å². The van der Waals surface area contributed by atoms with Crippen LogP contribution in [0, 0.1) is 6.92 Å². The first-order valence-electron chi connectivity index (χ1n) is 5.87. The number of benzene rings is 1. The molecule has 94 valence electrons. The number of nitrogens with zero attached hydrogens (tertiary/aromatic N) is 2. The fourth-order valence-electron chi connectivity index (χ4n) is 2.24. The van der Waals surface area contributed by atoms with Crippen molar-refractivity contribution in [1.82, 2.24) is 9.78 Å². The number of hydrogen-bond donors (Lipinski definition) is 1. The summed E-state index contributed by atoms with van der Waals surface area (Å²) in [6.45, 7) is 3.35. The highest BCUT2D eigenvalue weighted by Crippen LogP contribution is 2.29. The molecule has 0 radical (unpaired) electrons. The fraction of sp³-hybridized carbons (Fsp3) is 0.308. The Morgan fingerprint density at radius 1 is 1.44 bits per heavy atom. The monoisotopic (exact) mass is 307 g/mol. The number of halogens is 1. The third-order valence-corrected chi connectivity index (χ3v) is 3.82. The van der Waals surface area contributed by atoms with Gasteiger partial charge in [0.1, 0.15) is 0 Å². The van der Waals surface area contributed by atoms with Gasteiger partial charge in [-0.1, -0.05) is 6.07 Å². The van der Waals surface area contributed by atoms with Gasteiger partial charge in [-0.2, -0.15) is 5.10 Å². The van der Waals surface area contributed by atoms with E-state index in [4.69, 9.17) is 10.5 Å². The summed E-state index contributed by atoms with van der Waals surface area (Å²) in [4.78, 5) is 0. The molecule has 18 heavy (non-hydrogen) atoms. The number of aromatic nitrogens is 2. The second-order valence-corrected chi connectivity index (χ2v) is 5.33. The third-order valence-electron chi connectivity index (χ3n) is 3.18. The van der Waals surface area contributed by atoms with Gasteiger partial charge in [-0.05, 0) is 40.5 Å². The van der Waals surface area contributed by atoms with E-state index in [0.29, 0.717) is 12.4 Å². The summed E-state index contributed by atoms with van der Waals surface area (Å²) in [6.07, 6.45) is 0.847. The number of aryl methyl sites for hydroxylation is 1. The lowest BCUT2D eigenvalue weighted by molar-refractivity contribution is 0.110. The summed E-state index contributed by atoms with van der Waals surface area (Å²) >= 11 is 3.59. The van der Waals surface area contributed by atoms with Crippen LogP contribution in [0.1, 0.15) is 16.8 Å². The minimum Gasteiger partial charge on any atom is -0.382 e. The summed E-state index contributed by atoms with van der Waals surface area (Å²) in [5, 5.41) is 4.44. The summed E-state index contributed by atoms with van der Waals surface area (Å²) < 4.78 is 8.38. The minimum absolute atomic E-state index is 0.560. The smallest absolute Gasteiger partial charge is 0.151 e. The Balaban J connectivity index is 2.17. The van der Waals surface area contributed by atoms with E-state index in [-0.39, 0.29) is 0 Å². The zero-order valence-electron chi connectivity index (χ0n) is 10.1. The summed E-state index contributed by atoms with van der Waals surface area (Å²) in [5.41, 5.74) is 10.4.